The Labute approximate surface area is 134 Å². The van der Waals surface area contributed by atoms with Crippen LogP contribution in [-0.2, 0) is 9.59 Å². The van der Waals surface area contributed by atoms with Crippen molar-refractivity contribution in [1.29, 1.82) is 0 Å². The Kier molecular flexibility index (Phi) is 5.85. The summed E-state index contributed by atoms with van der Waals surface area (Å²) in [6, 6.07) is 8.14. The van der Waals surface area contributed by atoms with E-state index in [1.807, 2.05) is 31.2 Å². The Hall–Kier alpha value is -1.04. The molecule has 1 saturated heterocycles. The van der Waals surface area contributed by atoms with Crippen LogP contribution in [0.3, 0.4) is 0 Å². The minimum Gasteiger partial charge on any atom is -0.540 e. The van der Waals surface area contributed by atoms with Gasteiger partial charge in [-0.1, -0.05) is 17.7 Å². The zero-order chi connectivity index (χ0) is 13.1. The van der Waals surface area contributed by atoms with Crippen LogP contribution in [0.4, 0.5) is 5.69 Å². The number of carboxylic acids is 1. The Morgan fingerprint density at radius 1 is 1.05 bits per heavy atom. The van der Waals surface area contributed by atoms with Gasteiger partial charge in [-0.15, -0.1) is 0 Å². The molecule has 1 aromatic carbocycles. The number of benzene rings is 1. The second-order valence-corrected chi connectivity index (χ2v) is 4.40. The van der Waals surface area contributed by atoms with E-state index in [1.165, 1.54) is 10.5 Å². The summed E-state index contributed by atoms with van der Waals surface area (Å²) >= 11 is 0. The fourth-order valence-electron chi connectivity index (χ4n) is 2.05. The van der Waals surface area contributed by atoms with E-state index in [9.17, 15) is 14.7 Å². The van der Waals surface area contributed by atoms with Gasteiger partial charge >= 0.3 is 29.6 Å². The van der Waals surface area contributed by atoms with E-state index in [0.717, 1.165) is 5.69 Å². The van der Waals surface area contributed by atoms with Gasteiger partial charge in [0.15, 0.2) is 0 Å². The third-order valence-electron chi connectivity index (χ3n) is 3.14. The van der Waals surface area contributed by atoms with Crippen LogP contribution in [0.5, 0.6) is 0 Å². The molecule has 1 fully saturated rings. The molecule has 0 unspecified atom stereocenters. The van der Waals surface area contributed by atoms with Gasteiger partial charge in [0.1, 0.15) is 5.97 Å². The minimum absolute atomic E-state index is 0. The predicted molar refractivity (Wildman–Crippen MR) is 65.0 cm³/mol. The second kappa shape index (κ2) is 6.93. The zero-order valence-corrected chi connectivity index (χ0v) is 13.3. The van der Waals surface area contributed by atoms with Gasteiger partial charge in [-0.25, -0.2) is 0 Å². The fraction of sp³-hybridized carbons (Fsp3) is 0.385. The van der Waals surface area contributed by atoms with Crippen LogP contribution in [0.2, 0.25) is 0 Å². The summed E-state index contributed by atoms with van der Waals surface area (Å²) < 4.78 is 0. The Balaban J connectivity index is 0.00000180. The summed E-state index contributed by atoms with van der Waals surface area (Å²) in [5.74, 6) is -2.54. The average Bonchev–Trinajstić information content (AvgIpc) is 2.39. The number of hydrogen-bond donors (Lipinski definition) is 0. The standard InChI is InChI=1S/C13H16N2O3.Na/c1-10-2-4-11(5-3-10)14-6-8-15(9-7-14)12(16)13(17)18;/h2-5H,6-9H2,1H3,(H,17,18);/q;+1/p-1. The van der Waals surface area contributed by atoms with Crippen molar-refractivity contribution in [2.75, 3.05) is 31.1 Å². The molecule has 0 saturated carbocycles. The third kappa shape index (κ3) is 3.96. The van der Waals surface area contributed by atoms with Crippen LogP contribution in [0, 0.1) is 6.92 Å². The van der Waals surface area contributed by atoms with E-state index in [2.05, 4.69) is 4.90 Å². The first kappa shape index (κ1) is 16.0. The molecule has 0 N–H and O–H groups in total. The summed E-state index contributed by atoms with van der Waals surface area (Å²) in [5, 5.41) is 10.5. The van der Waals surface area contributed by atoms with Gasteiger partial charge in [-0.2, -0.15) is 0 Å². The molecule has 1 aliphatic heterocycles. The molecular weight excluding hydrogens is 255 g/mol. The van der Waals surface area contributed by atoms with E-state index in [1.54, 1.807) is 0 Å². The van der Waals surface area contributed by atoms with Crippen molar-refractivity contribution < 1.29 is 44.3 Å². The van der Waals surface area contributed by atoms with Gasteiger partial charge < -0.3 is 19.7 Å². The maximum absolute atomic E-state index is 11.2. The smallest absolute Gasteiger partial charge is 0.540 e. The second-order valence-electron chi connectivity index (χ2n) is 4.40. The summed E-state index contributed by atoms with van der Waals surface area (Å²) in [7, 11) is 0. The van der Waals surface area contributed by atoms with Crippen molar-refractivity contribution in [3.05, 3.63) is 29.8 Å². The number of nitrogens with zero attached hydrogens (tertiary/aromatic N) is 2. The van der Waals surface area contributed by atoms with E-state index in [4.69, 9.17) is 0 Å². The number of piperazine rings is 1. The Bertz CT molecular complexity index is 453. The summed E-state index contributed by atoms with van der Waals surface area (Å²) in [5.41, 5.74) is 2.30. The van der Waals surface area contributed by atoms with Gasteiger partial charge in [-0.05, 0) is 19.1 Å². The Morgan fingerprint density at radius 3 is 2.05 bits per heavy atom. The number of carbonyl (C=O) groups is 2. The SMILES string of the molecule is Cc1ccc(N2CCN(C(=O)C(=O)[O-])CC2)cc1.[Na+]. The molecule has 1 aliphatic rings. The molecule has 0 bridgehead atoms. The summed E-state index contributed by atoms with van der Waals surface area (Å²) in [6.45, 7) is 4.14. The van der Waals surface area contributed by atoms with Gasteiger partial charge in [0, 0.05) is 31.9 Å². The first-order chi connectivity index (χ1) is 8.58. The number of aliphatic carboxylic acids is 1. The molecule has 0 aliphatic carbocycles. The normalized spacial score (nSPS) is 14.8. The van der Waals surface area contributed by atoms with Crippen LogP contribution in [0.1, 0.15) is 5.56 Å². The van der Waals surface area contributed by atoms with Crippen molar-refractivity contribution in [2.24, 2.45) is 0 Å². The first-order valence-corrected chi connectivity index (χ1v) is 5.90. The maximum Gasteiger partial charge on any atom is 1.00 e. The number of carbonyl (C=O) groups excluding carboxylic acids is 2. The molecule has 0 spiro atoms. The molecule has 0 radical (unpaired) electrons. The molecule has 5 nitrogen and oxygen atoms in total. The van der Waals surface area contributed by atoms with E-state index in [-0.39, 0.29) is 29.6 Å². The van der Waals surface area contributed by atoms with E-state index >= 15 is 0 Å². The van der Waals surface area contributed by atoms with Crippen LogP contribution in [0.25, 0.3) is 0 Å². The third-order valence-corrected chi connectivity index (χ3v) is 3.14. The number of aryl methyl sites for hydroxylation is 1. The Morgan fingerprint density at radius 2 is 1.58 bits per heavy atom. The zero-order valence-electron chi connectivity index (χ0n) is 11.3. The van der Waals surface area contributed by atoms with Crippen LogP contribution < -0.4 is 39.6 Å². The van der Waals surface area contributed by atoms with E-state index in [0.29, 0.717) is 26.2 Å². The number of rotatable bonds is 1. The molecule has 1 aromatic rings. The molecule has 6 heteroatoms. The topological polar surface area (TPSA) is 63.7 Å². The van der Waals surface area contributed by atoms with Crippen molar-refractivity contribution >= 4 is 17.6 Å². The number of carboxylic acid groups (broad SMARTS) is 1. The molecule has 0 aromatic heterocycles. The molecule has 1 amide bonds. The number of anilines is 1. The van der Waals surface area contributed by atoms with Crippen molar-refractivity contribution in [1.82, 2.24) is 4.90 Å². The fourth-order valence-corrected chi connectivity index (χ4v) is 2.05. The maximum atomic E-state index is 11.2. The molecular formula is C13H15N2NaO3. The van der Waals surface area contributed by atoms with Gasteiger partial charge in [0.25, 0.3) is 5.91 Å². The average molecular weight is 270 g/mol. The quantitative estimate of drug-likeness (QED) is 0.391. The van der Waals surface area contributed by atoms with Crippen molar-refractivity contribution in [3.63, 3.8) is 0 Å². The molecule has 19 heavy (non-hydrogen) atoms. The molecule has 96 valence electrons. The molecule has 0 atom stereocenters. The molecule has 2 rings (SSSR count). The van der Waals surface area contributed by atoms with Gasteiger partial charge in [0.2, 0.25) is 0 Å². The van der Waals surface area contributed by atoms with E-state index < -0.39 is 11.9 Å². The van der Waals surface area contributed by atoms with Crippen LogP contribution >= 0.6 is 0 Å². The van der Waals surface area contributed by atoms with Crippen LogP contribution in [0.15, 0.2) is 24.3 Å². The number of amides is 1. The summed E-state index contributed by atoms with van der Waals surface area (Å²) in [6.07, 6.45) is 0. The summed E-state index contributed by atoms with van der Waals surface area (Å²) in [4.78, 5) is 25.2. The predicted octanol–water partition coefficient (Wildman–Crippen LogP) is -3.60. The van der Waals surface area contributed by atoms with Crippen LogP contribution in [-0.4, -0.2) is 43.0 Å². The largest absolute Gasteiger partial charge is 1.00 e. The molecule has 1 heterocycles. The van der Waals surface area contributed by atoms with Crippen molar-refractivity contribution in [3.8, 4) is 0 Å². The monoisotopic (exact) mass is 270 g/mol. The van der Waals surface area contributed by atoms with Crippen molar-refractivity contribution in [2.45, 2.75) is 6.92 Å². The van der Waals surface area contributed by atoms with Gasteiger partial charge in [0.05, 0.1) is 0 Å². The minimum atomic E-state index is -1.63. The number of hydrogen-bond acceptors (Lipinski definition) is 4. The first-order valence-electron chi connectivity index (χ1n) is 5.90. The van der Waals surface area contributed by atoms with Gasteiger partial charge in [-0.3, -0.25) is 4.79 Å².